The second kappa shape index (κ2) is 5.66. The fourth-order valence-electron chi connectivity index (χ4n) is 2.02. The number of benzene rings is 2. The Labute approximate surface area is 122 Å². The van der Waals surface area contributed by atoms with Gasteiger partial charge in [-0.15, -0.1) is 0 Å². The molecule has 3 rings (SSSR count). The van der Waals surface area contributed by atoms with Crippen LogP contribution in [0.5, 0.6) is 5.75 Å². The normalized spacial score (nSPS) is 10.5. The molecule has 0 saturated carbocycles. The molecule has 3 aromatic rings. The van der Waals surface area contributed by atoms with E-state index in [0.29, 0.717) is 12.3 Å². The molecule has 1 heterocycles. The van der Waals surface area contributed by atoms with Crippen LogP contribution in [0, 0.1) is 6.92 Å². The van der Waals surface area contributed by atoms with Crippen LogP contribution in [0.3, 0.4) is 0 Å². The van der Waals surface area contributed by atoms with Crippen molar-refractivity contribution in [2.24, 2.45) is 0 Å². The summed E-state index contributed by atoms with van der Waals surface area (Å²) in [5, 5.41) is 21.5. The van der Waals surface area contributed by atoms with Crippen LogP contribution in [0.4, 0.5) is 5.69 Å². The van der Waals surface area contributed by atoms with Crippen LogP contribution < -0.4 is 5.32 Å². The summed E-state index contributed by atoms with van der Waals surface area (Å²) in [6.45, 7) is 2.45. The summed E-state index contributed by atoms with van der Waals surface area (Å²) in [6.07, 6.45) is 1.74. The van der Waals surface area contributed by atoms with E-state index in [4.69, 9.17) is 0 Å². The molecule has 106 valence electrons. The van der Waals surface area contributed by atoms with Gasteiger partial charge in [0.15, 0.2) is 0 Å². The summed E-state index contributed by atoms with van der Waals surface area (Å²) in [5.74, 6) is 0.301. The number of phenolic OH excluding ortho intramolecular Hbond substituents is 1. The first-order valence-corrected chi connectivity index (χ1v) is 6.72. The Hall–Kier alpha value is -2.82. The van der Waals surface area contributed by atoms with Gasteiger partial charge in [0.05, 0.1) is 18.4 Å². The number of aromatic hydroxyl groups is 1. The summed E-state index contributed by atoms with van der Waals surface area (Å²) in [4.78, 5) is 1.61. The van der Waals surface area contributed by atoms with Gasteiger partial charge < -0.3 is 10.4 Å². The van der Waals surface area contributed by atoms with E-state index in [9.17, 15) is 5.11 Å². The molecule has 0 aliphatic rings. The Morgan fingerprint density at radius 2 is 1.95 bits per heavy atom. The molecule has 0 unspecified atom stereocenters. The number of para-hydroxylation sites is 1. The molecule has 2 N–H and O–H groups in total. The predicted octanol–water partition coefficient (Wildman–Crippen LogP) is 2.89. The first kappa shape index (κ1) is 13.2. The second-order valence-corrected chi connectivity index (χ2v) is 4.82. The summed E-state index contributed by atoms with van der Waals surface area (Å²) in [7, 11) is 0. The molecule has 0 saturated heterocycles. The van der Waals surface area contributed by atoms with Crippen LogP contribution in [0.1, 0.15) is 11.3 Å². The minimum atomic E-state index is 0.301. The Kier molecular flexibility index (Phi) is 3.55. The van der Waals surface area contributed by atoms with E-state index < -0.39 is 0 Å². The van der Waals surface area contributed by atoms with E-state index in [1.54, 1.807) is 17.1 Å². The Balaban J connectivity index is 1.69. The molecule has 0 amide bonds. The van der Waals surface area contributed by atoms with Crippen LogP contribution in [-0.4, -0.2) is 20.1 Å². The van der Waals surface area contributed by atoms with Crippen molar-refractivity contribution in [2.45, 2.75) is 13.5 Å². The number of aromatic nitrogens is 3. The number of phenols is 1. The van der Waals surface area contributed by atoms with Gasteiger partial charge in [0.1, 0.15) is 11.4 Å². The highest BCUT2D eigenvalue weighted by atomic mass is 16.3. The molecular weight excluding hydrogens is 264 g/mol. The molecule has 1 aromatic heterocycles. The number of hydrogen-bond acceptors (Lipinski definition) is 4. The third-order valence-corrected chi connectivity index (χ3v) is 3.20. The monoisotopic (exact) mass is 280 g/mol. The minimum Gasteiger partial charge on any atom is -0.508 e. The number of hydrogen-bond donors (Lipinski definition) is 2. The first-order valence-electron chi connectivity index (χ1n) is 6.72. The average Bonchev–Trinajstić information content (AvgIpc) is 2.98. The zero-order valence-corrected chi connectivity index (χ0v) is 11.7. The standard InChI is InChI=1S/C16H16N4O/c1-12-9-13(7-8-16(12)21)17-10-14-11-18-20(19-14)15-5-3-2-4-6-15/h2-9,11,17,21H,10H2,1H3. The highest BCUT2D eigenvalue weighted by Crippen LogP contribution is 2.20. The zero-order chi connectivity index (χ0) is 14.7. The summed E-state index contributed by atoms with van der Waals surface area (Å²) >= 11 is 0. The molecule has 5 heteroatoms. The first-order chi connectivity index (χ1) is 10.2. The maximum atomic E-state index is 9.50. The fraction of sp³-hybridized carbons (Fsp3) is 0.125. The Morgan fingerprint density at radius 1 is 1.14 bits per heavy atom. The van der Waals surface area contributed by atoms with E-state index >= 15 is 0 Å². The van der Waals surface area contributed by atoms with Gasteiger partial charge in [-0.1, -0.05) is 18.2 Å². The number of nitrogens with one attached hydrogen (secondary N) is 1. The maximum Gasteiger partial charge on any atom is 0.118 e. The second-order valence-electron chi connectivity index (χ2n) is 4.82. The summed E-state index contributed by atoms with van der Waals surface area (Å²) in [5.41, 5.74) is 3.57. The van der Waals surface area contributed by atoms with Gasteiger partial charge in [0.2, 0.25) is 0 Å². The van der Waals surface area contributed by atoms with E-state index in [-0.39, 0.29) is 0 Å². The van der Waals surface area contributed by atoms with Crippen LogP contribution in [0.15, 0.2) is 54.7 Å². The lowest BCUT2D eigenvalue weighted by Gasteiger charge is -2.06. The van der Waals surface area contributed by atoms with Gasteiger partial charge in [-0.25, -0.2) is 0 Å². The van der Waals surface area contributed by atoms with Crippen LogP contribution in [0.2, 0.25) is 0 Å². The fourth-order valence-corrected chi connectivity index (χ4v) is 2.02. The molecule has 0 spiro atoms. The maximum absolute atomic E-state index is 9.50. The average molecular weight is 280 g/mol. The van der Waals surface area contributed by atoms with Crippen molar-refractivity contribution in [3.8, 4) is 11.4 Å². The van der Waals surface area contributed by atoms with Crippen LogP contribution in [0.25, 0.3) is 5.69 Å². The van der Waals surface area contributed by atoms with Gasteiger partial charge in [0.25, 0.3) is 0 Å². The van der Waals surface area contributed by atoms with Crippen molar-refractivity contribution in [1.82, 2.24) is 15.0 Å². The van der Waals surface area contributed by atoms with E-state index in [1.165, 1.54) is 0 Å². The van der Waals surface area contributed by atoms with Crippen LogP contribution in [-0.2, 0) is 6.54 Å². The highest BCUT2D eigenvalue weighted by molar-refractivity contribution is 5.50. The highest BCUT2D eigenvalue weighted by Gasteiger charge is 2.03. The lowest BCUT2D eigenvalue weighted by Crippen LogP contribution is -2.02. The largest absolute Gasteiger partial charge is 0.508 e. The summed E-state index contributed by atoms with van der Waals surface area (Å²) in [6, 6.07) is 15.2. The molecule has 2 aromatic carbocycles. The Bertz CT molecular complexity index is 737. The summed E-state index contributed by atoms with van der Waals surface area (Å²) < 4.78 is 0. The van der Waals surface area contributed by atoms with Crippen LogP contribution >= 0.6 is 0 Å². The molecule has 0 radical (unpaired) electrons. The van der Waals surface area contributed by atoms with Crippen molar-refractivity contribution >= 4 is 5.69 Å². The molecule has 0 aliphatic carbocycles. The minimum absolute atomic E-state index is 0.301. The molecule has 0 atom stereocenters. The molecule has 0 bridgehead atoms. The van der Waals surface area contributed by atoms with Gasteiger partial charge in [0, 0.05) is 5.69 Å². The van der Waals surface area contributed by atoms with E-state index in [1.807, 2.05) is 49.4 Å². The van der Waals surface area contributed by atoms with Crippen molar-refractivity contribution in [3.63, 3.8) is 0 Å². The van der Waals surface area contributed by atoms with Gasteiger partial charge in [-0.3, -0.25) is 0 Å². The van der Waals surface area contributed by atoms with Crippen molar-refractivity contribution in [2.75, 3.05) is 5.32 Å². The molecule has 21 heavy (non-hydrogen) atoms. The molecule has 0 aliphatic heterocycles. The van der Waals surface area contributed by atoms with Crippen molar-refractivity contribution in [1.29, 1.82) is 0 Å². The number of anilines is 1. The molecular formula is C16H16N4O. The van der Waals surface area contributed by atoms with Crippen molar-refractivity contribution < 1.29 is 5.11 Å². The van der Waals surface area contributed by atoms with E-state index in [0.717, 1.165) is 22.6 Å². The smallest absolute Gasteiger partial charge is 0.118 e. The third-order valence-electron chi connectivity index (χ3n) is 3.20. The lowest BCUT2D eigenvalue weighted by molar-refractivity contribution is 0.471. The topological polar surface area (TPSA) is 63.0 Å². The van der Waals surface area contributed by atoms with Gasteiger partial charge >= 0.3 is 0 Å². The molecule has 0 fully saturated rings. The quantitative estimate of drug-likeness (QED) is 0.721. The van der Waals surface area contributed by atoms with Crippen molar-refractivity contribution in [3.05, 3.63) is 66.0 Å². The van der Waals surface area contributed by atoms with E-state index in [2.05, 4.69) is 15.5 Å². The number of nitrogens with zero attached hydrogens (tertiary/aromatic N) is 3. The number of aryl methyl sites for hydroxylation is 1. The lowest BCUT2D eigenvalue weighted by atomic mass is 10.2. The van der Waals surface area contributed by atoms with Gasteiger partial charge in [-0.2, -0.15) is 15.0 Å². The zero-order valence-electron chi connectivity index (χ0n) is 11.7. The SMILES string of the molecule is Cc1cc(NCc2cnn(-c3ccccc3)n2)ccc1O. The third kappa shape index (κ3) is 3.02. The molecule has 5 nitrogen and oxygen atoms in total. The Morgan fingerprint density at radius 3 is 2.71 bits per heavy atom. The van der Waals surface area contributed by atoms with Gasteiger partial charge in [-0.05, 0) is 42.8 Å². The number of rotatable bonds is 4. The predicted molar refractivity (Wildman–Crippen MR) is 81.5 cm³/mol.